The molecular weight excluding hydrogens is 475 g/mol. The van der Waals surface area contributed by atoms with E-state index in [0.717, 1.165) is 11.6 Å². The Balaban J connectivity index is 2.15. The summed E-state index contributed by atoms with van der Waals surface area (Å²) in [7, 11) is -1.22. The number of nitrogens with zero attached hydrogens (tertiary/aromatic N) is 2. The fraction of sp³-hybridized carbons (Fsp3) is 0.280. The molecule has 0 saturated carbocycles. The van der Waals surface area contributed by atoms with Crippen LogP contribution >= 0.6 is 23.2 Å². The topological polar surface area (TPSA) is 53.3 Å². The van der Waals surface area contributed by atoms with Crippen molar-refractivity contribution >= 4 is 43.3 Å². The molecule has 0 bridgehead atoms. The predicted octanol–water partition coefficient (Wildman–Crippen LogP) is 7.35. The highest BCUT2D eigenvalue weighted by atomic mass is 35.5. The number of hydrogen-bond donors (Lipinski definition) is 0. The zero-order chi connectivity index (χ0) is 24.0. The lowest BCUT2D eigenvalue weighted by Crippen LogP contribution is -2.20. The van der Waals surface area contributed by atoms with Crippen LogP contribution in [0.3, 0.4) is 0 Å². The molecule has 0 amide bonds. The number of carbonyl (C=O) groups is 1. The van der Waals surface area contributed by atoms with E-state index in [1.54, 1.807) is 42.1 Å². The third-order valence-corrected chi connectivity index (χ3v) is 7.17. The van der Waals surface area contributed by atoms with E-state index >= 15 is 0 Å². The van der Waals surface area contributed by atoms with Crippen LogP contribution in [0.1, 0.15) is 23.0 Å². The smallest absolute Gasteiger partial charge is 0.359 e. The Morgan fingerprint density at radius 1 is 1.09 bits per heavy atom. The van der Waals surface area contributed by atoms with E-state index in [1.165, 1.54) is 0 Å². The molecule has 0 unspecified atom stereocenters. The molecule has 1 heterocycles. The van der Waals surface area contributed by atoms with Crippen molar-refractivity contribution in [1.82, 2.24) is 9.78 Å². The van der Waals surface area contributed by atoms with Crippen LogP contribution < -0.4 is 0 Å². The van der Waals surface area contributed by atoms with Crippen LogP contribution in [0.25, 0.3) is 23.0 Å². The highest BCUT2D eigenvalue weighted by Gasteiger charge is 2.25. The van der Waals surface area contributed by atoms with Crippen LogP contribution in [0.4, 0.5) is 0 Å². The first kappa shape index (κ1) is 25.1. The summed E-state index contributed by atoms with van der Waals surface area (Å²) in [6.45, 7) is 9.51. The fourth-order valence-corrected chi connectivity index (χ4v) is 4.24. The van der Waals surface area contributed by atoms with Crippen molar-refractivity contribution in [2.24, 2.45) is 0 Å². The van der Waals surface area contributed by atoms with Gasteiger partial charge in [-0.3, -0.25) is 0 Å². The SMILES string of the molecule is CCOC(=O)c1nn(-c2ccccc2Cl)c(-c2ccc(Cl)cc2)c1C=COCC[Si](C)(C)C. The number of hydrogen-bond acceptors (Lipinski definition) is 4. The molecule has 0 aliphatic rings. The molecule has 1 aromatic heterocycles. The minimum Gasteiger partial charge on any atom is -0.501 e. The number of ether oxygens (including phenoxy) is 2. The molecule has 174 valence electrons. The van der Waals surface area contributed by atoms with E-state index in [4.69, 9.17) is 32.7 Å². The van der Waals surface area contributed by atoms with Crippen molar-refractivity contribution in [2.75, 3.05) is 13.2 Å². The lowest BCUT2D eigenvalue weighted by atomic mass is 10.0. The number of rotatable bonds is 9. The van der Waals surface area contributed by atoms with E-state index in [1.807, 2.05) is 30.3 Å². The molecule has 3 rings (SSSR count). The van der Waals surface area contributed by atoms with Crippen molar-refractivity contribution < 1.29 is 14.3 Å². The summed E-state index contributed by atoms with van der Waals surface area (Å²) in [5.74, 6) is -0.514. The van der Waals surface area contributed by atoms with Gasteiger partial charge in [0, 0.05) is 24.2 Å². The minimum atomic E-state index is -1.22. The summed E-state index contributed by atoms with van der Waals surface area (Å²) >= 11 is 12.6. The second-order valence-electron chi connectivity index (χ2n) is 8.69. The average Bonchev–Trinajstić information content (AvgIpc) is 3.13. The molecule has 8 heteroatoms. The molecular formula is C25H28Cl2N2O3Si. The largest absolute Gasteiger partial charge is 0.501 e. The number of benzene rings is 2. The second kappa shape index (κ2) is 11.1. The van der Waals surface area contributed by atoms with Crippen LogP contribution in [0.15, 0.2) is 54.8 Å². The van der Waals surface area contributed by atoms with E-state index in [0.29, 0.717) is 33.6 Å². The molecule has 0 spiro atoms. The minimum absolute atomic E-state index is 0.187. The van der Waals surface area contributed by atoms with Gasteiger partial charge in [-0.15, -0.1) is 0 Å². The van der Waals surface area contributed by atoms with Gasteiger partial charge in [0.15, 0.2) is 5.69 Å². The summed E-state index contributed by atoms with van der Waals surface area (Å²) in [5, 5.41) is 5.74. The molecule has 5 nitrogen and oxygen atoms in total. The van der Waals surface area contributed by atoms with Gasteiger partial charge in [0.2, 0.25) is 0 Å². The molecule has 0 saturated heterocycles. The maximum atomic E-state index is 12.8. The maximum Gasteiger partial charge on any atom is 0.359 e. The van der Waals surface area contributed by atoms with Gasteiger partial charge in [-0.25, -0.2) is 9.48 Å². The summed E-state index contributed by atoms with van der Waals surface area (Å²) in [6, 6.07) is 15.7. The van der Waals surface area contributed by atoms with Gasteiger partial charge in [0.1, 0.15) is 0 Å². The molecule has 2 aromatic carbocycles. The molecule has 0 N–H and O–H groups in total. The third kappa shape index (κ3) is 6.50. The van der Waals surface area contributed by atoms with Gasteiger partial charge in [-0.2, -0.15) is 5.10 Å². The third-order valence-electron chi connectivity index (χ3n) is 4.89. The van der Waals surface area contributed by atoms with Crippen molar-refractivity contribution in [2.45, 2.75) is 32.6 Å². The highest BCUT2D eigenvalue weighted by Crippen LogP contribution is 2.33. The number of esters is 1. The molecule has 0 aliphatic carbocycles. The standard InChI is InChI=1S/C25H28Cl2N2O3Si/c1-5-32-25(30)23-20(14-15-31-16-17-33(2,3)4)24(18-10-12-19(26)13-11-18)29(28-23)22-9-7-6-8-21(22)27/h6-15H,5,16-17H2,1-4H3. The quantitative estimate of drug-likeness (QED) is 0.133. The van der Waals surface area contributed by atoms with Gasteiger partial charge in [0.05, 0.1) is 35.9 Å². The predicted molar refractivity (Wildman–Crippen MR) is 138 cm³/mol. The second-order valence-corrected chi connectivity index (χ2v) is 15.2. The van der Waals surface area contributed by atoms with Crippen LogP contribution in [-0.4, -0.2) is 37.0 Å². The van der Waals surface area contributed by atoms with Crippen molar-refractivity contribution in [3.63, 3.8) is 0 Å². The van der Waals surface area contributed by atoms with E-state index in [9.17, 15) is 4.79 Å². The Morgan fingerprint density at radius 3 is 2.42 bits per heavy atom. The van der Waals surface area contributed by atoms with Crippen LogP contribution in [0.2, 0.25) is 35.7 Å². The maximum absolute atomic E-state index is 12.8. The van der Waals surface area contributed by atoms with Crippen LogP contribution in [0.5, 0.6) is 0 Å². The zero-order valence-electron chi connectivity index (χ0n) is 19.3. The molecule has 0 radical (unpaired) electrons. The number of carbonyl (C=O) groups excluding carboxylic acids is 1. The van der Waals surface area contributed by atoms with Gasteiger partial charge >= 0.3 is 5.97 Å². The molecule has 33 heavy (non-hydrogen) atoms. The summed E-state index contributed by atoms with van der Waals surface area (Å²) < 4.78 is 12.7. The Bertz CT molecular complexity index is 1140. The van der Waals surface area contributed by atoms with Crippen molar-refractivity contribution in [3.05, 3.63) is 76.1 Å². The van der Waals surface area contributed by atoms with E-state index < -0.39 is 14.0 Å². The molecule has 0 atom stereocenters. The van der Waals surface area contributed by atoms with Crippen LogP contribution in [0, 0.1) is 0 Å². The number of para-hydroxylation sites is 1. The summed E-state index contributed by atoms with van der Waals surface area (Å²) in [5.41, 5.74) is 2.93. The first-order valence-corrected chi connectivity index (χ1v) is 15.3. The van der Waals surface area contributed by atoms with Gasteiger partial charge in [0.25, 0.3) is 0 Å². The zero-order valence-corrected chi connectivity index (χ0v) is 21.8. The Kier molecular flexibility index (Phi) is 8.40. The van der Waals surface area contributed by atoms with E-state index in [-0.39, 0.29) is 12.3 Å². The lowest BCUT2D eigenvalue weighted by Gasteiger charge is -2.14. The Morgan fingerprint density at radius 2 is 1.79 bits per heavy atom. The fourth-order valence-electron chi connectivity index (χ4n) is 3.17. The molecule has 0 aliphatic heterocycles. The summed E-state index contributed by atoms with van der Waals surface area (Å²) in [4.78, 5) is 12.8. The molecule has 3 aromatic rings. The highest BCUT2D eigenvalue weighted by molar-refractivity contribution is 6.76. The molecule has 0 fully saturated rings. The van der Waals surface area contributed by atoms with Crippen molar-refractivity contribution in [3.8, 4) is 16.9 Å². The lowest BCUT2D eigenvalue weighted by molar-refractivity contribution is 0.0518. The van der Waals surface area contributed by atoms with Crippen LogP contribution in [-0.2, 0) is 9.47 Å². The first-order chi connectivity index (χ1) is 15.7. The number of aromatic nitrogens is 2. The van der Waals surface area contributed by atoms with Gasteiger partial charge in [-0.05, 0) is 43.3 Å². The Labute approximate surface area is 205 Å². The first-order valence-electron chi connectivity index (χ1n) is 10.8. The normalized spacial score (nSPS) is 11.7. The van der Waals surface area contributed by atoms with Gasteiger partial charge in [-0.1, -0.05) is 67.1 Å². The Hall–Kier alpha value is -2.54. The van der Waals surface area contributed by atoms with Crippen molar-refractivity contribution in [1.29, 1.82) is 0 Å². The number of halogens is 2. The average molecular weight is 504 g/mol. The summed E-state index contributed by atoms with van der Waals surface area (Å²) in [6.07, 6.45) is 3.39. The van der Waals surface area contributed by atoms with E-state index in [2.05, 4.69) is 24.7 Å². The van der Waals surface area contributed by atoms with Gasteiger partial charge < -0.3 is 9.47 Å². The monoisotopic (exact) mass is 502 g/mol.